The highest BCUT2D eigenvalue weighted by Gasteiger charge is 2.22. The number of hydrogen-bond acceptors (Lipinski definition) is 8. The van der Waals surface area contributed by atoms with Gasteiger partial charge in [-0.1, -0.05) is 6.92 Å². The van der Waals surface area contributed by atoms with Gasteiger partial charge in [-0.3, -0.25) is 19.3 Å². The molecule has 2 N–H and O–H groups in total. The summed E-state index contributed by atoms with van der Waals surface area (Å²) in [7, 11) is 1.47. The third-order valence-corrected chi connectivity index (χ3v) is 5.50. The molecule has 160 valence electrons. The zero-order valence-electron chi connectivity index (χ0n) is 16.8. The number of carbonyl (C=O) groups is 3. The fraction of sp³-hybridized carbons (Fsp3) is 0.421. The second kappa shape index (κ2) is 9.72. The molecular weight excluding hydrogens is 411 g/mol. The molecule has 9 nitrogen and oxygen atoms in total. The Morgan fingerprint density at radius 2 is 1.93 bits per heavy atom. The number of pyridine rings is 1. The first kappa shape index (κ1) is 21.8. The van der Waals surface area contributed by atoms with Gasteiger partial charge in [0, 0.05) is 46.2 Å². The summed E-state index contributed by atoms with van der Waals surface area (Å²) in [5.41, 5.74) is 1.22. The molecule has 1 saturated heterocycles. The Bertz CT molecular complexity index is 942. The van der Waals surface area contributed by atoms with Gasteiger partial charge in [0.2, 0.25) is 11.7 Å². The van der Waals surface area contributed by atoms with Gasteiger partial charge in [-0.05, 0) is 29.7 Å². The average molecular weight is 434 g/mol. The largest absolute Gasteiger partial charge is 0.365 e. The van der Waals surface area contributed by atoms with E-state index in [9.17, 15) is 18.8 Å². The third kappa shape index (κ3) is 5.16. The summed E-state index contributed by atoms with van der Waals surface area (Å²) >= 11 is 1.14. The van der Waals surface area contributed by atoms with Crippen molar-refractivity contribution in [2.24, 2.45) is 0 Å². The van der Waals surface area contributed by atoms with Crippen LogP contribution in [-0.2, 0) is 16.1 Å². The van der Waals surface area contributed by atoms with Crippen LogP contribution in [0.5, 0.6) is 0 Å². The number of anilines is 2. The van der Waals surface area contributed by atoms with E-state index < -0.39 is 23.5 Å². The van der Waals surface area contributed by atoms with Crippen molar-refractivity contribution in [1.82, 2.24) is 19.6 Å². The van der Waals surface area contributed by atoms with E-state index in [1.165, 1.54) is 13.1 Å². The molecule has 1 aliphatic heterocycles. The van der Waals surface area contributed by atoms with Gasteiger partial charge >= 0.3 is 0 Å². The van der Waals surface area contributed by atoms with E-state index in [1.54, 1.807) is 19.1 Å². The maximum Gasteiger partial charge on any atom is 0.292 e. The molecule has 0 aliphatic carbocycles. The first-order valence-corrected chi connectivity index (χ1v) is 10.3. The van der Waals surface area contributed by atoms with Crippen LogP contribution in [0.3, 0.4) is 0 Å². The number of hydrogen-bond donors (Lipinski definition) is 2. The van der Waals surface area contributed by atoms with Gasteiger partial charge in [-0.25, -0.2) is 4.98 Å². The van der Waals surface area contributed by atoms with Gasteiger partial charge in [-0.2, -0.15) is 8.76 Å². The number of halogens is 1. The molecular formula is C19H23FN6O3S. The number of carbonyl (C=O) groups excluding carboxylic acids is 3. The van der Waals surface area contributed by atoms with Gasteiger partial charge in [0.05, 0.1) is 11.4 Å². The first-order chi connectivity index (χ1) is 14.4. The van der Waals surface area contributed by atoms with Gasteiger partial charge in [0.1, 0.15) is 10.7 Å². The molecule has 0 spiro atoms. The molecule has 3 rings (SSSR count). The van der Waals surface area contributed by atoms with E-state index in [1.807, 2.05) is 4.90 Å². The fourth-order valence-corrected chi connectivity index (χ4v) is 3.73. The molecule has 2 amide bonds. The van der Waals surface area contributed by atoms with E-state index in [-0.39, 0.29) is 12.1 Å². The van der Waals surface area contributed by atoms with Crippen molar-refractivity contribution in [2.45, 2.75) is 19.9 Å². The summed E-state index contributed by atoms with van der Waals surface area (Å²) in [5, 5.41) is 5.53. The van der Waals surface area contributed by atoms with Crippen molar-refractivity contribution >= 4 is 39.8 Å². The number of piperazine rings is 1. The first-order valence-electron chi connectivity index (χ1n) is 9.57. The van der Waals surface area contributed by atoms with Crippen LogP contribution >= 0.6 is 11.5 Å². The van der Waals surface area contributed by atoms with Crippen molar-refractivity contribution in [2.75, 3.05) is 43.4 Å². The molecule has 1 aliphatic rings. The van der Waals surface area contributed by atoms with Gasteiger partial charge in [-0.15, -0.1) is 0 Å². The average Bonchev–Trinajstić information content (AvgIpc) is 3.19. The van der Waals surface area contributed by atoms with Crippen molar-refractivity contribution in [3.05, 3.63) is 35.5 Å². The van der Waals surface area contributed by atoms with E-state index in [2.05, 4.69) is 24.9 Å². The topological polar surface area (TPSA) is 108 Å². The highest BCUT2D eigenvalue weighted by molar-refractivity contribution is 7.10. The van der Waals surface area contributed by atoms with Crippen LogP contribution in [-0.4, -0.2) is 65.1 Å². The summed E-state index contributed by atoms with van der Waals surface area (Å²) in [6, 6.07) is 4.85. The van der Waals surface area contributed by atoms with E-state index in [4.69, 9.17) is 0 Å². The molecule has 3 heterocycles. The van der Waals surface area contributed by atoms with Crippen molar-refractivity contribution < 1.29 is 18.8 Å². The fourth-order valence-electron chi connectivity index (χ4n) is 3.08. The highest BCUT2D eigenvalue weighted by Crippen LogP contribution is 2.22. The van der Waals surface area contributed by atoms with Crippen molar-refractivity contribution in [3.63, 3.8) is 0 Å². The quantitative estimate of drug-likeness (QED) is 0.499. The van der Waals surface area contributed by atoms with Crippen molar-refractivity contribution in [1.29, 1.82) is 0 Å². The molecule has 2 aromatic heterocycles. The maximum absolute atomic E-state index is 14.4. The smallest absolute Gasteiger partial charge is 0.292 e. The lowest BCUT2D eigenvalue weighted by molar-refractivity contribution is -0.134. The molecule has 30 heavy (non-hydrogen) atoms. The molecule has 0 atom stereocenters. The lowest BCUT2D eigenvalue weighted by Gasteiger charge is -2.35. The zero-order valence-corrected chi connectivity index (χ0v) is 17.6. The van der Waals surface area contributed by atoms with E-state index in [0.29, 0.717) is 43.4 Å². The summed E-state index contributed by atoms with van der Waals surface area (Å²) in [5.74, 6) is -2.18. The third-order valence-electron chi connectivity index (χ3n) is 4.76. The number of nitrogens with zero attached hydrogens (tertiary/aromatic N) is 4. The summed E-state index contributed by atoms with van der Waals surface area (Å²) in [6.07, 6.45) is 0.159. The molecule has 0 bridgehead atoms. The standard InChI is InChI=1S/C19H23FN6O3S/c1-3-15(27)19(29)23-16-10-12(24-30-16)11-25-6-8-26(9-7-25)14-5-4-13(18(28)21-2)22-17(14)20/h4-5,10H,3,6-9,11H2,1-2H3,(H,21,28)(H,23,29). The lowest BCUT2D eigenvalue weighted by Crippen LogP contribution is -2.46. The summed E-state index contributed by atoms with van der Waals surface area (Å²) in [4.78, 5) is 42.4. The zero-order chi connectivity index (χ0) is 21.7. The molecule has 11 heteroatoms. The van der Waals surface area contributed by atoms with Crippen LogP contribution in [0.25, 0.3) is 0 Å². The Labute approximate surface area is 177 Å². The molecule has 0 unspecified atom stereocenters. The number of amides is 2. The molecule has 1 fully saturated rings. The Morgan fingerprint density at radius 1 is 1.20 bits per heavy atom. The lowest BCUT2D eigenvalue weighted by atomic mass is 10.2. The van der Waals surface area contributed by atoms with Crippen LogP contribution in [0.2, 0.25) is 0 Å². The second-order valence-electron chi connectivity index (χ2n) is 6.76. The predicted molar refractivity (Wildman–Crippen MR) is 111 cm³/mol. The predicted octanol–water partition coefficient (Wildman–Crippen LogP) is 1.28. The number of ketones is 1. The number of rotatable bonds is 7. The Kier molecular flexibility index (Phi) is 7.06. The minimum Gasteiger partial charge on any atom is -0.365 e. The number of aromatic nitrogens is 2. The Morgan fingerprint density at radius 3 is 2.57 bits per heavy atom. The van der Waals surface area contributed by atoms with Crippen LogP contribution in [0.1, 0.15) is 29.5 Å². The number of Topliss-reactive ketones (excluding diaryl/α,β-unsaturated/α-hetero) is 1. The second-order valence-corrected chi connectivity index (χ2v) is 7.57. The Hall–Kier alpha value is -2.92. The minimum absolute atomic E-state index is 0.0458. The SMILES string of the molecule is CCC(=O)C(=O)Nc1cc(CN2CCN(c3ccc(C(=O)NC)nc3F)CC2)ns1. The molecule has 0 radical (unpaired) electrons. The van der Waals surface area contributed by atoms with Gasteiger partial charge in [0.25, 0.3) is 11.8 Å². The normalized spacial score (nSPS) is 14.4. The molecule has 0 saturated carbocycles. The monoisotopic (exact) mass is 434 g/mol. The van der Waals surface area contributed by atoms with Crippen LogP contribution in [0.15, 0.2) is 18.2 Å². The van der Waals surface area contributed by atoms with Crippen LogP contribution in [0.4, 0.5) is 15.1 Å². The van der Waals surface area contributed by atoms with Crippen LogP contribution in [0, 0.1) is 5.95 Å². The molecule has 2 aromatic rings. The number of nitrogens with one attached hydrogen (secondary N) is 2. The minimum atomic E-state index is -0.661. The van der Waals surface area contributed by atoms with Gasteiger partial charge in [0.15, 0.2) is 0 Å². The highest BCUT2D eigenvalue weighted by atomic mass is 32.1. The van der Waals surface area contributed by atoms with Crippen molar-refractivity contribution in [3.8, 4) is 0 Å². The molecule has 0 aromatic carbocycles. The Balaban J connectivity index is 1.53. The van der Waals surface area contributed by atoms with E-state index in [0.717, 1.165) is 17.2 Å². The van der Waals surface area contributed by atoms with Crippen LogP contribution < -0.4 is 15.5 Å². The maximum atomic E-state index is 14.4. The summed E-state index contributed by atoms with van der Waals surface area (Å²) < 4.78 is 18.7. The van der Waals surface area contributed by atoms with E-state index >= 15 is 0 Å². The summed E-state index contributed by atoms with van der Waals surface area (Å²) in [6.45, 7) is 4.85. The van der Waals surface area contributed by atoms with Gasteiger partial charge < -0.3 is 15.5 Å².